The molecule has 1 N–H and O–H groups in total. The number of rotatable bonds is 3. The molecule has 0 aliphatic rings. The molecule has 3 aromatic heterocycles. The van der Waals surface area contributed by atoms with Crippen LogP contribution in [0.4, 0.5) is 0 Å². The third kappa shape index (κ3) is 2.06. The molecule has 21 heavy (non-hydrogen) atoms. The van der Waals surface area contributed by atoms with Crippen molar-refractivity contribution >= 4 is 10.9 Å². The molecule has 0 saturated carbocycles. The maximum atomic E-state index is 11.0. The van der Waals surface area contributed by atoms with Crippen molar-refractivity contribution in [3.63, 3.8) is 0 Å². The summed E-state index contributed by atoms with van der Waals surface area (Å²) in [6, 6.07) is 7.45. The standard InChI is InChI=1S/C16H17N3O2/c1-16(20,11-4-7-17-8-5-11)14-10-12-13(19(14)2)6-9-18-15(12)21-3/h4-10,20H,1-3H3/t16-/m1/s1. The van der Waals surface area contributed by atoms with Crippen molar-refractivity contribution in [1.82, 2.24) is 14.5 Å². The van der Waals surface area contributed by atoms with Crippen molar-refractivity contribution in [2.45, 2.75) is 12.5 Å². The largest absolute Gasteiger partial charge is 0.481 e. The van der Waals surface area contributed by atoms with Crippen molar-refractivity contribution in [2.75, 3.05) is 7.11 Å². The van der Waals surface area contributed by atoms with E-state index in [0.29, 0.717) is 5.88 Å². The quantitative estimate of drug-likeness (QED) is 0.800. The summed E-state index contributed by atoms with van der Waals surface area (Å²) in [4.78, 5) is 8.20. The second-order valence-electron chi connectivity index (χ2n) is 5.15. The lowest BCUT2D eigenvalue weighted by Gasteiger charge is -2.24. The average Bonchev–Trinajstić information content (AvgIpc) is 2.86. The van der Waals surface area contributed by atoms with Crippen LogP contribution in [0.3, 0.4) is 0 Å². The molecule has 108 valence electrons. The molecule has 1 atom stereocenters. The van der Waals surface area contributed by atoms with E-state index in [2.05, 4.69) is 9.97 Å². The van der Waals surface area contributed by atoms with Gasteiger partial charge in [-0.25, -0.2) is 4.98 Å². The number of pyridine rings is 2. The fourth-order valence-electron chi connectivity index (χ4n) is 2.69. The fourth-order valence-corrected chi connectivity index (χ4v) is 2.69. The molecular weight excluding hydrogens is 266 g/mol. The van der Waals surface area contributed by atoms with Gasteiger partial charge in [-0.05, 0) is 36.8 Å². The Bertz CT molecular complexity index is 779. The van der Waals surface area contributed by atoms with E-state index in [0.717, 1.165) is 22.2 Å². The number of hydrogen-bond donors (Lipinski definition) is 1. The first-order valence-corrected chi connectivity index (χ1v) is 6.67. The van der Waals surface area contributed by atoms with Gasteiger partial charge in [0.05, 0.1) is 23.7 Å². The van der Waals surface area contributed by atoms with Gasteiger partial charge in [-0.1, -0.05) is 0 Å². The van der Waals surface area contributed by atoms with Gasteiger partial charge in [0.15, 0.2) is 0 Å². The molecule has 0 aromatic carbocycles. The smallest absolute Gasteiger partial charge is 0.222 e. The molecule has 3 heterocycles. The molecule has 3 rings (SSSR count). The van der Waals surface area contributed by atoms with Gasteiger partial charge in [-0.3, -0.25) is 4.98 Å². The zero-order valence-corrected chi connectivity index (χ0v) is 12.2. The Morgan fingerprint density at radius 2 is 1.90 bits per heavy atom. The summed E-state index contributed by atoms with van der Waals surface area (Å²) in [7, 11) is 3.52. The molecule has 0 radical (unpaired) electrons. The number of fused-ring (bicyclic) bond motifs is 1. The number of ether oxygens (including phenoxy) is 1. The van der Waals surface area contributed by atoms with E-state index in [4.69, 9.17) is 4.74 Å². The third-order valence-corrected chi connectivity index (χ3v) is 3.87. The molecule has 5 heteroatoms. The number of aliphatic hydroxyl groups is 1. The second kappa shape index (κ2) is 4.86. The summed E-state index contributed by atoms with van der Waals surface area (Å²) in [6.45, 7) is 1.77. The molecule has 0 aliphatic carbocycles. The van der Waals surface area contributed by atoms with Crippen LogP contribution >= 0.6 is 0 Å². The summed E-state index contributed by atoms with van der Waals surface area (Å²) >= 11 is 0. The number of aromatic nitrogens is 3. The Hall–Kier alpha value is -2.40. The van der Waals surface area contributed by atoms with E-state index in [9.17, 15) is 5.11 Å². The Kier molecular flexibility index (Phi) is 3.14. The lowest BCUT2D eigenvalue weighted by molar-refractivity contribution is 0.0945. The SMILES string of the molecule is COc1nccc2c1cc([C@](C)(O)c1ccncc1)n2C. The van der Waals surface area contributed by atoms with Crippen LogP contribution in [0, 0.1) is 0 Å². The number of aryl methyl sites for hydroxylation is 1. The minimum Gasteiger partial charge on any atom is -0.481 e. The van der Waals surface area contributed by atoms with Gasteiger partial charge in [-0.2, -0.15) is 0 Å². The zero-order valence-electron chi connectivity index (χ0n) is 12.2. The summed E-state index contributed by atoms with van der Waals surface area (Å²) < 4.78 is 7.26. The third-order valence-electron chi connectivity index (χ3n) is 3.87. The predicted molar refractivity (Wildman–Crippen MR) is 80.2 cm³/mol. The summed E-state index contributed by atoms with van der Waals surface area (Å²) in [5.41, 5.74) is 1.40. The van der Waals surface area contributed by atoms with Crippen molar-refractivity contribution in [3.05, 3.63) is 54.1 Å². The normalized spacial score (nSPS) is 14.1. The van der Waals surface area contributed by atoms with Crippen LogP contribution in [0.1, 0.15) is 18.2 Å². The lowest BCUT2D eigenvalue weighted by Crippen LogP contribution is -2.25. The van der Waals surface area contributed by atoms with Crippen LogP contribution in [-0.2, 0) is 12.6 Å². The highest BCUT2D eigenvalue weighted by atomic mass is 16.5. The van der Waals surface area contributed by atoms with Gasteiger partial charge in [0.25, 0.3) is 0 Å². The minimum atomic E-state index is -1.12. The van der Waals surface area contributed by atoms with Crippen molar-refractivity contribution in [1.29, 1.82) is 0 Å². The maximum Gasteiger partial charge on any atom is 0.222 e. The van der Waals surface area contributed by atoms with Crippen molar-refractivity contribution in [2.24, 2.45) is 7.05 Å². The van der Waals surface area contributed by atoms with Crippen LogP contribution in [0.2, 0.25) is 0 Å². The van der Waals surface area contributed by atoms with Gasteiger partial charge in [-0.15, -0.1) is 0 Å². The number of nitrogens with zero attached hydrogens (tertiary/aromatic N) is 3. The molecule has 0 fully saturated rings. The van der Waals surface area contributed by atoms with E-state index in [1.165, 1.54) is 0 Å². The first-order valence-electron chi connectivity index (χ1n) is 6.67. The highest BCUT2D eigenvalue weighted by Crippen LogP contribution is 2.34. The highest BCUT2D eigenvalue weighted by Gasteiger charge is 2.30. The molecule has 0 spiro atoms. The first-order chi connectivity index (χ1) is 10.1. The second-order valence-corrected chi connectivity index (χ2v) is 5.15. The molecule has 3 aromatic rings. The average molecular weight is 283 g/mol. The Morgan fingerprint density at radius 3 is 2.57 bits per heavy atom. The van der Waals surface area contributed by atoms with E-state index in [1.807, 2.05) is 35.9 Å². The summed E-state index contributed by atoms with van der Waals surface area (Å²) in [6.07, 6.45) is 5.05. The fraction of sp³-hybridized carbons (Fsp3) is 0.250. The number of hydrogen-bond acceptors (Lipinski definition) is 4. The Balaban J connectivity index is 2.23. The monoisotopic (exact) mass is 283 g/mol. The van der Waals surface area contributed by atoms with Gasteiger partial charge in [0.2, 0.25) is 5.88 Å². The van der Waals surface area contributed by atoms with Crippen LogP contribution in [-0.4, -0.2) is 26.8 Å². The van der Waals surface area contributed by atoms with Crippen LogP contribution in [0.25, 0.3) is 10.9 Å². The van der Waals surface area contributed by atoms with Gasteiger partial charge < -0.3 is 14.4 Å². The van der Waals surface area contributed by atoms with E-state index in [-0.39, 0.29) is 0 Å². The Morgan fingerprint density at radius 1 is 1.19 bits per heavy atom. The number of methoxy groups -OCH3 is 1. The topological polar surface area (TPSA) is 60.2 Å². The summed E-state index contributed by atoms with van der Waals surface area (Å²) in [5.74, 6) is 0.555. The maximum absolute atomic E-state index is 11.0. The van der Waals surface area contributed by atoms with E-state index in [1.54, 1.807) is 32.6 Å². The van der Waals surface area contributed by atoms with Crippen molar-refractivity contribution < 1.29 is 9.84 Å². The first kappa shape index (κ1) is 13.6. The van der Waals surface area contributed by atoms with Crippen LogP contribution in [0.5, 0.6) is 5.88 Å². The molecule has 0 aliphatic heterocycles. The molecule has 0 bridgehead atoms. The summed E-state index contributed by atoms with van der Waals surface area (Å²) in [5, 5.41) is 11.9. The molecule has 0 unspecified atom stereocenters. The van der Waals surface area contributed by atoms with Gasteiger partial charge >= 0.3 is 0 Å². The van der Waals surface area contributed by atoms with Crippen LogP contribution < -0.4 is 4.74 Å². The molecule has 0 amide bonds. The lowest BCUT2D eigenvalue weighted by atomic mass is 9.93. The van der Waals surface area contributed by atoms with E-state index >= 15 is 0 Å². The van der Waals surface area contributed by atoms with Crippen molar-refractivity contribution in [3.8, 4) is 5.88 Å². The zero-order chi connectivity index (χ0) is 15.0. The van der Waals surface area contributed by atoms with Gasteiger partial charge in [0, 0.05) is 25.6 Å². The molecular formula is C16H17N3O2. The molecule has 5 nitrogen and oxygen atoms in total. The minimum absolute atomic E-state index is 0.555. The Labute approximate surface area is 122 Å². The molecule has 0 saturated heterocycles. The van der Waals surface area contributed by atoms with E-state index < -0.39 is 5.60 Å². The van der Waals surface area contributed by atoms with Crippen LogP contribution in [0.15, 0.2) is 42.9 Å². The highest BCUT2D eigenvalue weighted by molar-refractivity contribution is 5.86. The predicted octanol–water partition coefficient (Wildman–Crippen LogP) is 2.23. The van der Waals surface area contributed by atoms with Gasteiger partial charge in [0.1, 0.15) is 5.60 Å².